The van der Waals surface area contributed by atoms with Gasteiger partial charge in [-0.2, -0.15) is 0 Å². The molecule has 1 atom stereocenters. The summed E-state index contributed by atoms with van der Waals surface area (Å²) in [7, 11) is 0. The van der Waals surface area contributed by atoms with Crippen molar-refractivity contribution >= 4 is 11.3 Å². The van der Waals surface area contributed by atoms with E-state index < -0.39 is 0 Å². The monoisotopic (exact) mass is 251 g/mol. The van der Waals surface area contributed by atoms with Crippen LogP contribution in [0.1, 0.15) is 22.9 Å². The molecule has 90 valence electrons. The van der Waals surface area contributed by atoms with Gasteiger partial charge in [0.15, 0.2) is 0 Å². The van der Waals surface area contributed by atoms with E-state index in [1.54, 1.807) is 23.6 Å². The third kappa shape index (κ3) is 3.09. The summed E-state index contributed by atoms with van der Waals surface area (Å²) in [4.78, 5) is 5.01. The number of nitrogens with one attached hydrogen (secondary N) is 1. The van der Waals surface area contributed by atoms with Crippen LogP contribution in [0.15, 0.2) is 36.0 Å². The van der Waals surface area contributed by atoms with Gasteiger partial charge in [0.1, 0.15) is 5.82 Å². The van der Waals surface area contributed by atoms with Crippen molar-refractivity contribution in [2.75, 3.05) is 0 Å². The molecule has 5 heteroatoms. The van der Waals surface area contributed by atoms with E-state index >= 15 is 0 Å². The molecule has 0 saturated carbocycles. The lowest BCUT2D eigenvalue weighted by Gasteiger charge is -2.16. The van der Waals surface area contributed by atoms with Crippen LogP contribution in [0, 0.1) is 5.82 Å². The Hall–Kier alpha value is -1.30. The predicted molar refractivity (Wildman–Crippen MR) is 66.9 cm³/mol. The van der Waals surface area contributed by atoms with Crippen LogP contribution in [-0.4, -0.2) is 4.98 Å². The van der Waals surface area contributed by atoms with Gasteiger partial charge in [-0.3, -0.25) is 16.3 Å². The first-order valence-electron chi connectivity index (χ1n) is 5.39. The van der Waals surface area contributed by atoms with Crippen molar-refractivity contribution in [1.29, 1.82) is 0 Å². The molecule has 0 aliphatic heterocycles. The van der Waals surface area contributed by atoms with Crippen LogP contribution in [-0.2, 0) is 6.42 Å². The van der Waals surface area contributed by atoms with Crippen LogP contribution in [0.25, 0.3) is 0 Å². The molecular formula is C12H14FN3S. The zero-order valence-electron chi connectivity index (χ0n) is 9.27. The van der Waals surface area contributed by atoms with Crippen LogP contribution >= 0.6 is 11.3 Å². The quantitative estimate of drug-likeness (QED) is 0.634. The summed E-state index contributed by atoms with van der Waals surface area (Å²) in [5.74, 6) is 5.16. The second kappa shape index (κ2) is 5.86. The number of hydrogen-bond donors (Lipinski definition) is 2. The zero-order chi connectivity index (χ0) is 12.1. The summed E-state index contributed by atoms with van der Waals surface area (Å²) in [5.41, 5.74) is 3.23. The molecule has 0 radical (unpaired) electrons. The highest BCUT2D eigenvalue weighted by atomic mass is 32.1. The highest BCUT2D eigenvalue weighted by Gasteiger charge is 2.14. The third-order valence-electron chi connectivity index (χ3n) is 2.64. The van der Waals surface area contributed by atoms with Gasteiger partial charge in [-0.1, -0.05) is 6.07 Å². The Morgan fingerprint density at radius 1 is 1.47 bits per heavy atom. The van der Waals surface area contributed by atoms with E-state index in [9.17, 15) is 4.39 Å². The second-order valence-corrected chi connectivity index (χ2v) is 4.77. The third-order valence-corrected chi connectivity index (χ3v) is 3.58. The molecule has 1 unspecified atom stereocenters. The number of rotatable bonds is 5. The van der Waals surface area contributed by atoms with Crippen LogP contribution < -0.4 is 11.3 Å². The topological polar surface area (TPSA) is 50.9 Å². The molecule has 2 heterocycles. The highest BCUT2D eigenvalue weighted by Crippen LogP contribution is 2.21. The predicted octanol–water partition coefficient (Wildman–Crippen LogP) is 2.42. The van der Waals surface area contributed by atoms with Crippen molar-refractivity contribution in [2.24, 2.45) is 5.84 Å². The summed E-state index contributed by atoms with van der Waals surface area (Å²) in [6.45, 7) is 0. The number of nitrogens with two attached hydrogens (primary N) is 1. The number of nitrogens with zero attached hydrogens (tertiary/aromatic N) is 1. The molecule has 0 aliphatic carbocycles. The lowest BCUT2D eigenvalue weighted by Crippen LogP contribution is -2.29. The summed E-state index contributed by atoms with van der Waals surface area (Å²) in [5, 5.41) is 2.03. The summed E-state index contributed by atoms with van der Waals surface area (Å²) < 4.78 is 13.5. The van der Waals surface area contributed by atoms with Crippen molar-refractivity contribution in [3.63, 3.8) is 0 Å². The minimum absolute atomic E-state index is 0.180. The fourth-order valence-electron chi connectivity index (χ4n) is 1.74. The Kier molecular flexibility index (Phi) is 4.19. The normalized spacial score (nSPS) is 12.6. The number of aromatic nitrogens is 1. The molecule has 0 amide bonds. The molecule has 3 nitrogen and oxygen atoms in total. The van der Waals surface area contributed by atoms with E-state index in [0.29, 0.717) is 5.56 Å². The van der Waals surface area contributed by atoms with Crippen molar-refractivity contribution < 1.29 is 4.39 Å². The first kappa shape index (κ1) is 12.2. The molecule has 17 heavy (non-hydrogen) atoms. The van der Waals surface area contributed by atoms with Gasteiger partial charge >= 0.3 is 0 Å². The minimum Gasteiger partial charge on any atom is -0.271 e. The van der Waals surface area contributed by atoms with Gasteiger partial charge < -0.3 is 0 Å². The van der Waals surface area contributed by atoms with E-state index in [4.69, 9.17) is 5.84 Å². The molecule has 3 N–H and O–H groups in total. The molecule has 0 fully saturated rings. The Balaban J connectivity index is 2.04. The van der Waals surface area contributed by atoms with E-state index in [0.717, 1.165) is 12.8 Å². The molecule has 0 aliphatic rings. The average molecular weight is 251 g/mol. The number of halogens is 1. The number of thiophene rings is 1. The zero-order valence-corrected chi connectivity index (χ0v) is 10.1. The number of aryl methyl sites for hydroxylation is 1. The molecular weight excluding hydrogens is 237 g/mol. The summed E-state index contributed by atoms with van der Waals surface area (Å²) in [6, 6.07) is 5.56. The molecule has 0 aromatic carbocycles. The van der Waals surface area contributed by atoms with E-state index in [-0.39, 0.29) is 11.9 Å². The maximum absolute atomic E-state index is 13.5. The van der Waals surface area contributed by atoms with E-state index in [1.807, 2.05) is 11.4 Å². The van der Waals surface area contributed by atoms with Crippen LogP contribution in [0.2, 0.25) is 0 Å². The summed E-state index contributed by atoms with van der Waals surface area (Å²) >= 11 is 1.70. The molecule has 2 aromatic heterocycles. The lowest BCUT2D eigenvalue weighted by atomic mass is 10.0. The Bertz CT molecular complexity index is 459. The maximum Gasteiger partial charge on any atom is 0.146 e. The maximum atomic E-state index is 13.5. The van der Waals surface area contributed by atoms with E-state index in [1.165, 1.54) is 11.1 Å². The second-order valence-electron chi connectivity index (χ2n) is 3.73. The van der Waals surface area contributed by atoms with E-state index in [2.05, 4.69) is 16.5 Å². The Labute approximate surface area is 103 Å². The molecule has 2 aromatic rings. The van der Waals surface area contributed by atoms with Gasteiger partial charge in [-0.25, -0.2) is 4.39 Å². The van der Waals surface area contributed by atoms with Gasteiger partial charge in [0, 0.05) is 22.7 Å². The van der Waals surface area contributed by atoms with Gasteiger partial charge in [0.2, 0.25) is 0 Å². The fraction of sp³-hybridized carbons (Fsp3) is 0.250. The first-order valence-corrected chi connectivity index (χ1v) is 6.27. The standard InChI is InChI=1S/C12H14FN3S/c13-11-8-15-6-5-10(11)12(16-14)4-3-9-2-1-7-17-9/h1-2,5-8,12,16H,3-4,14H2. The Morgan fingerprint density at radius 3 is 3.00 bits per heavy atom. The van der Waals surface area contributed by atoms with Gasteiger partial charge in [0.25, 0.3) is 0 Å². The molecule has 0 bridgehead atoms. The van der Waals surface area contributed by atoms with Gasteiger partial charge in [-0.15, -0.1) is 11.3 Å². The summed E-state index contributed by atoms with van der Waals surface area (Å²) in [6.07, 6.45) is 4.44. The van der Waals surface area contributed by atoms with Crippen molar-refractivity contribution in [3.05, 3.63) is 52.2 Å². The number of hydrogen-bond acceptors (Lipinski definition) is 4. The van der Waals surface area contributed by atoms with Gasteiger partial charge in [0.05, 0.1) is 6.20 Å². The fourth-order valence-corrected chi connectivity index (χ4v) is 2.46. The average Bonchev–Trinajstić information content (AvgIpc) is 2.85. The minimum atomic E-state index is -0.318. The lowest BCUT2D eigenvalue weighted by molar-refractivity contribution is 0.484. The molecule has 0 saturated heterocycles. The number of hydrazine groups is 1. The smallest absolute Gasteiger partial charge is 0.146 e. The number of pyridine rings is 1. The van der Waals surface area contributed by atoms with Crippen LogP contribution in [0.4, 0.5) is 4.39 Å². The molecule has 0 spiro atoms. The SMILES string of the molecule is NNC(CCc1cccs1)c1ccncc1F. The van der Waals surface area contributed by atoms with Crippen LogP contribution in [0.3, 0.4) is 0 Å². The van der Waals surface area contributed by atoms with Gasteiger partial charge in [-0.05, 0) is 30.4 Å². The van der Waals surface area contributed by atoms with Crippen LogP contribution in [0.5, 0.6) is 0 Å². The largest absolute Gasteiger partial charge is 0.271 e. The Morgan fingerprint density at radius 2 is 2.35 bits per heavy atom. The molecule has 2 rings (SSSR count). The first-order chi connectivity index (χ1) is 8.31. The van der Waals surface area contributed by atoms with Crippen molar-refractivity contribution in [1.82, 2.24) is 10.4 Å². The highest BCUT2D eigenvalue weighted by molar-refractivity contribution is 7.09. The van der Waals surface area contributed by atoms with Crippen molar-refractivity contribution in [2.45, 2.75) is 18.9 Å². The van der Waals surface area contributed by atoms with Crippen molar-refractivity contribution in [3.8, 4) is 0 Å².